The van der Waals surface area contributed by atoms with Crippen LogP contribution in [0.3, 0.4) is 0 Å². The molecule has 5 nitrogen and oxygen atoms in total. The summed E-state index contributed by atoms with van der Waals surface area (Å²) in [6, 6.07) is 20.6. The second-order valence-electron chi connectivity index (χ2n) is 7.54. The van der Waals surface area contributed by atoms with Crippen molar-refractivity contribution in [1.82, 2.24) is 9.97 Å². The molecule has 0 amide bonds. The first-order chi connectivity index (χ1) is 14.7. The number of hydrogen-bond acceptors (Lipinski definition) is 5. The third-order valence-corrected chi connectivity index (χ3v) is 5.22. The molecule has 5 heteroatoms. The van der Waals surface area contributed by atoms with Gasteiger partial charge < -0.3 is 14.6 Å². The normalized spacial score (nSPS) is 11.1. The van der Waals surface area contributed by atoms with Crippen molar-refractivity contribution in [1.29, 1.82) is 0 Å². The molecule has 0 spiro atoms. The Morgan fingerprint density at radius 1 is 0.933 bits per heavy atom. The SMILES string of the molecule is CN(C)c1cc(NCc2ccc3cncc(-c4cc5ccccc5o4)c3c2)ccn1. The smallest absolute Gasteiger partial charge is 0.137 e. The minimum atomic E-state index is 0.717. The number of nitrogens with zero attached hydrogens (tertiary/aromatic N) is 3. The molecule has 30 heavy (non-hydrogen) atoms. The topological polar surface area (TPSA) is 54.2 Å². The Morgan fingerprint density at radius 3 is 2.70 bits per heavy atom. The summed E-state index contributed by atoms with van der Waals surface area (Å²) in [6.45, 7) is 0.717. The Morgan fingerprint density at radius 2 is 1.83 bits per heavy atom. The van der Waals surface area contributed by atoms with Gasteiger partial charge in [-0.1, -0.05) is 30.3 Å². The molecule has 1 N–H and O–H groups in total. The van der Waals surface area contributed by atoms with Crippen LogP contribution >= 0.6 is 0 Å². The number of benzene rings is 2. The van der Waals surface area contributed by atoms with Crippen molar-refractivity contribution in [3.63, 3.8) is 0 Å². The highest BCUT2D eigenvalue weighted by Gasteiger charge is 2.11. The van der Waals surface area contributed by atoms with Crippen LogP contribution < -0.4 is 10.2 Å². The summed E-state index contributed by atoms with van der Waals surface area (Å²) in [5.41, 5.74) is 4.12. The predicted molar refractivity (Wildman–Crippen MR) is 123 cm³/mol. The van der Waals surface area contributed by atoms with Gasteiger partial charge in [-0.2, -0.15) is 0 Å². The first-order valence-electron chi connectivity index (χ1n) is 9.90. The quantitative estimate of drug-likeness (QED) is 0.413. The number of anilines is 2. The number of pyridine rings is 2. The lowest BCUT2D eigenvalue weighted by molar-refractivity contribution is 0.632. The number of aromatic nitrogens is 2. The minimum absolute atomic E-state index is 0.717. The maximum Gasteiger partial charge on any atom is 0.137 e. The van der Waals surface area contributed by atoms with Crippen LogP contribution in [0.25, 0.3) is 33.1 Å². The van der Waals surface area contributed by atoms with Crippen LogP contribution in [0.15, 0.2) is 83.7 Å². The number of hydrogen-bond donors (Lipinski definition) is 1. The molecule has 3 aromatic heterocycles. The Hall–Kier alpha value is -3.86. The van der Waals surface area contributed by atoms with Crippen LogP contribution in [0.1, 0.15) is 5.56 Å². The lowest BCUT2D eigenvalue weighted by atomic mass is 10.0. The maximum absolute atomic E-state index is 6.10. The molecule has 0 atom stereocenters. The van der Waals surface area contributed by atoms with Crippen LogP contribution in [0, 0.1) is 0 Å². The van der Waals surface area contributed by atoms with E-state index in [1.165, 1.54) is 5.56 Å². The summed E-state index contributed by atoms with van der Waals surface area (Å²) in [4.78, 5) is 10.8. The molecule has 0 saturated carbocycles. The van der Waals surface area contributed by atoms with Crippen LogP contribution in [0.4, 0.5) is 11.5 Å². The van der Waals surface area contributed by atoms with Crippen LogP contribution in [-0.4, -0.2) is 24.1 Å². The number of rotatable bonds is 5. The number of furan rings is 1. The predicted octanol–water partition coefficient (Wildman–Crippen LogP) is 5.72. The largest absolute Gasteiger partial charge is 0.456 e. The lowest BCUT2D eigenvalue weighted by Crippen LogP contribution is -2.11. The zero-order chi connectivity index (χ0) is 20.5. The summed E-state index contributed by atoms with van der Waals surface area (Å²) < 4.78 is 6.10. The van der Waals surface area contributed by atoms with Gasteiger partial charge in [-0.05, 0) is 35.2 Å². The average Bonchev–Trinajstić information content (AvgIpc) is 3.21. The van der Waals surface area contributed by atoms with Crippen molar-refractivity contribution in [2.75, 3.05) is 24.3 Å². The van der Waals surface area contributed by atoms with Gasteiger partial charge in [-0.15, -0.1) is 0 Å². The first-order valence-corrected chi connectivity index (χ1v) is 9.90. The Kier molecular flexibility index (Phi) is 4.56. The van der Waals surface area contributed by atoms with Gasteiger partial charge in [0, 0.05) is 67.3 Å². The van der Waals surface area contributed by atoms with E-state index < -0.39 is 0 Å². The Labute approximate surface area is 175 Å². The molecule has 0 aliphatic carbocycles. The molecule has 5 rings (SSSR count). The molecular formula is C25H22N4O. The molecular weight excluding hydrogens is 372 g/mol. The van der Waals surface area contributed by atoms with Crippen molar-refractivity contribution >= 4 is 33.2 Å². The molecule has 0 aliphatic heterocycles. The van der Waals surface area contributed by atoms with E-state index in [4.69, 9.17) is 4.42 Å². The van der Waals surface area contributed by atoms with Gasteiger partial charge in [0.1, 0.15) is 17.2 Å². The average molecular weight is 394 g/mol. The van der Waals surface area contributed by atoms with E-state index in [1.54, 1.807) is 0 Å². The highest BCUT2D eigenvalue weighted by atomic mass is 16.3. The number of nitrogens with one attached hydrogen (secondary N) is 1. The Balaban J connectivity index is 1.48. The fraction of sp³-hybridized carbons (Fsp3) is 0.120. The zero-order valence-electron chi connectivity index (χ0n) is 17.0. The molecule has 148 valence electrons. The molecule has 0 unspecified atom stereocenters. The van der Waals surface area contributed by atoms with E-state index in [2.05, 4.69) is 45.6 Å². The molecule has 0 bridgehead atoms. The van der Waals surface area contributed by atoms with Gasteiger partial charge in [0.15, 0.2) is 0 Å². The second kappa shape index (κ2) is 7.52. The van der Waals surface area contributed by atoms with Crippen molar-refractivity contribution in [3.05, 3.63) is 84.8 Å². The standard InChI is InChI=1S/C25H22N4O/c1-29(2)25-13-20(9-10-27-25)28-14-17-7-8-19-15-26-16-22(21(19)11-17)24-12-18-5-3-4-6-23(18)30-24/h3-13,15-16H,14H2,1-2H3,(H,27,28). The molecule has 0 fully saturated rings. The summed E-state index contributed by atoms with van der Waals surface area (Å²) in [5, 5.41) is 6.81. The van der Waals surface area contributed by atoms with E-state index in [-0.39, 0.29) is 0 Å². The van der Waals surface area contributed by atoms with Crippen molar-refractivity contribution in [3.8, 4) is 11.3 Å². The molecule has 0 radical (unpaired) electrons. The van der Waals surface area contributed by atoms with Crippen molar-refractivity contribution in [2.45, 2.75) is 6.54 Å². The minimum Gasteiger partial charge on any atom is -0.456 e. The van der Waals surface area contributed by atoms with E-state index in [0.29, 0.717) is 6.54 Å². The van der Waals surface area contributed by atoms with Crippen LogP contribution in [0.2, 0.25) is 0 Å². The monoisotopic (exact) mass is 394 g/mol. The molecule has 0 aliphatic rings. The van der Waals surface area contributed by atoms with Gasteiger partial charge in [-0.3, -0.25) is 4.98 Å². The van der Waals surface area contributed by atoms with Crippen molar-refractivity contribution < 1.29 is 4.42 Å². The molecule has 5 aromatic rings. The fourth-order valence-electron chi connectivity index (χ4n) is 3.61. The first kappa shape index (κ1) is 18.2. The highest BCUT2D eigenvalue weighted by Crippen LogP contribution is 2.32. The van der Waals surface area contributed by atoms with E-state index in [0.717, 1.165) is 44.6 Å². The van der Waals surface area contributed by atoms with Gasteiger partial charge in [0.25, 0.3) is 0 Å². The highest BCUT2D eigenvalue weighted by molar-refractivity contribution is 5.97. The third kappa shape index (κ3) is 3.46. The fourth-order valence-corrected chi connectivity index (χ4v) is 3.61. The number of fused-ring (bicyclic) bond motifs is 2. The van der Waals surface area contributed by atoms with Gasteiger partial charge in [0.05, 0.1) is 0 Å². The van der Waals surface area contributed by atoms with E-state index in [9.17, 15) is 0 Å². The summed E-state index contributed by atoms with van der Waals surface area (Å²) in [7, 11) is 3.98. The van der Waals surface area contributed by atoms with Crippen LogP contribution in [0.5, 0.6) is 0 Å². The summed E-state index contributed by atoms with van der Waals surface area (Å²) >= 11 is 0. The van der Waals surface area contributed by atoms with E-state index >= 15 is 0 Å². The maximum atomic E-state index is 6.10. The Bertz CT molecular complexity index is 1310. The summed E-state index contributed by atoms with van der Waals surface area (Å²) in [5.74, 6) is 1.76. The third-order valence-electron chi connectivity index (χ3n) is 5.22. The van der Waals surface area contributed by atoms with Gasteiger partial charge >= 0.3 is 0 Å². The molecule has 3 heterocycles. The van der Waals surface area contributed by atoms with Gasteiger partial charge in [0.2, 0.25) is 0 Å². The van der Waals surface area contributed by atoms with E-state index in [1.807, 2.05) is 67.9 Å². The van der Waals surface area contributed by atoms with Crippen molar-refractivity contribution in [2.24, 2.45) is 0 Å². The summed E-state index contributed by atoms with van der Waals surface area (Å²) in [6.07, 6.45) is 5.60. The molecule has 2 aromatic carbocycles. The number of para-hydroxylation sites is 1. The second-order valence-corrected chi connectivity index (χ2v) is 7.54. The molecule has 0 saturated heterocycles. The lowest BCUT2D eigenvalue weighted by Gasteiger charge is -2.13. The zero-order valence-corrected chi connectivity index (χ0v) is 17.0. The van der Waals surface area contributed by atoms with Crippen LogP contribution in [-0.2, 0) is 6.54 Å². The van der Waals surface area contributed by atoms with Gasteiger partial charge in [-0.25, -0.2) is 4.98 Å².